The third kappa shape index (κ3) is 3.07. The number of aromatic nitrogens is 2. The molecule has 0 aliphatic heterocycles. The molecule has 0 aliphatic carbocycles. The maximum Gasteiger partial charge on any atom is 0.0645 e. The van der Waals surface area contributed by atoms with E-state index >= 15 is 0 Å². The van der Waals surface area contributed by atoms with Crippen molar-refractivity contribution in [3.05, 3.63) is 145 Å². The molecule has 8 aromatic rings. The lowest BCUT2D eigenvalue weighted by Crippen LogP contribution is -1.97. The molecule has 2 heterocycles. The van der Waals surface area contributed by atoms with Gasteiger partial charge in [0.05, 0.1) is 34.4 Å². The molecule has 8 rings (SSSR count). The maximum atomic E-state index is 8.87. The van der Waals surface area contributed by atoms with Crippen LogP contribution in [-0.2, 0) is 0 Å². The molecule has 0 atom stereocenters. The summed E-state index contributed by atoms with van der Waals surface area (Å²) in [7, 11) is 0. The van der Waals surface area contributed by atoms with E-state index in [1.807, 2.05) is 83.4 Å². The van der Waals surface area contributed by atoms with Gasteiger partial charge in [0.2, 0.25) is 0 Å². The Morgan fingerprint density at radius 2 is 1.03 bits per heavy atom. The summed E-state index contributed by atoms with van der Waals surface area (Å²) in [5, 5.41) is 3.13. The van der Waals surface area contributed by atoms with Crippen molar-refractivity contribution >= 4 is 43.6 Å². The molecular formula is C36H24N2. The minimum Gasteiger partial charge on any atom is -0.309 e. The Hall–Kier alpha value is -5.08. The van der Waals surface area contributed by atoms with Gasteiger partial charge in [0, 0.05) is 32.9 Å². The average molecular weight is 494 g/mol. The Morgan fingerprint density at radius 1 is 0.395 bits per heavy atom. The van der Waals surface area contributed by atoms with Crippen LogP contribution in [0.1, 0.15) is 12.3 Å². The third-order valence-corrected chi connectivity index (χ3v) is 7.11. The summed E-state index contributed by atoms with van der Waals surface area (Å²) in [6.07, 6.45) is 0. The van der Waals surface area contributed by atoms with Crippen LogP contribution in [0.15, 0.2) is 145 Å². The van der Waals surface area contributed by atoms with E-state index in [4.69, 9.17) is 12.3 Å². The van der Waals surface area contributed by atoms with Gasteiger partial charge in [-0.25, -0.2) is 0 Å². The number of hydrogen-bond acceptors (Lipinski definition) is 0. The second-order valence-electron chi connectivity index (χ2n) is 9.18. The fourth-order valence-electron chi connectivity index (χ4n) is 5.51. The van der Waals surface area contributed by atoms with Gasteiger partial charge in [0.15, 0.2) is 0 Å². The van der Waals surface area contributed by atoms with Crippen LogP contribution in [0.25, 0.3) is 66.1 Å². The van der Waals surface area contributed by atoms with Crippen molar-refractivity contribution < 1.29 is 12.3 Å². The molecular weight excluding hydrogens is 460 g/mol. The summed E-state index contributed by atoms with van der Waals surface area (Å²) in [4.78, 5) is 0. The Kier molecular flexibility index (Phi) is 3.03. The van der Waals surface area contributed by atoms with Crippen molar-refractivity contribution in [1.82, 2.24) is 9.13 Å². The van der Waals surface area contributed by atoms with Crippen molar-refractivity contribution in [2.75, 3.05) is 0 Å². The molecule has 0 fully saturated rings. The Labute approximate surface area is 233 Å². The van der Waals surface area contributed by atoms with Crippen LogP contribution in [0, 0.1) is 0 Å². The molecule has 0 saturated carbocycles. The van der Waals surface area contributed by atoms with E-state index in [-0.39, 0.29) is 41.8 Å². The Balaban J connectivity index is 1.44. The lowest BCUT2D eigenvalue weighted by Gasteiger charge is -2.12. The van der Waals surface area contributed by atoms with Gasteiger partial charge in [-0.1, -0.05) is 103 Å². The van der Waals surface area contributed by atoms with Crippen molar-refractivity contribution in [3.8, 4) is 22.5 Å². The SMILES string of the molecule is [2H]c1c([2H])c([2H])c(-c2cccc(-n3c4ccccc4c4ccc(-n5c6ccccc6c6c([2H])c([2H])c([2H])c([2H])c65)cc43)c2)c([2H])c1[2H]. The molecule has 2 nitrogen and oxygen atoms in total. The average Bonchev–Trinajstić information content (AvgIpc) is 3.61. The number of fused-ring (bicyclic) bond motifs is 6. The standard InChI is InChI=1S/C36H24N2/c1-2-11-25(12-3-1)26-13-10-14-27(23-26)38-35-20-9-6-17-31(35)32-22-21-28(24-36(32)38)37-33-18-7-4-15-29(33)30-16-5-8-19-34(30)37/h1-24H/i1D,2D,3D,4D,7D,11D,12D,15D,18D. The minimum absolute atomic E-state index is 0.0874. The van der Waals surface area contributed by atoms with Crippen LogP contribution < -0.4 is 0 Å². The van der Waals surface area contributed by atoms with E-state index in [0.717, 1.165) is 38.4 Å². The van der Waals surface area contributed by atoms with Gasteiger partial charge in [0.25, 0.3) is 0 Å². The summed E-state index contributed by atoms with van der Waals surface area (Å²) in [5.41, 5.74) is 4.91. The highest BCUT2D eigenvalue weighted by Gasteiger charge is 2.16. The lowest BCUT2D eigenvalue weighted by atomic mass is 10.1. The van der Waals surface area contributed by atoms with Gasteiger partial charge >= 0.3 is 0 Å². The number of nitrogens with zero attached hydrogens (tertiary/aromatic N) is 2. The second kappa shape index (κ2) is 8.22. The van der Waals surface area contributed by atoms with Crippen LogP contribution in [0.5, 0.6) is 0 Å². The molecule has 6 aromatic carbocycles. The lowest BCUT2D eigenvalue weighted by molar-refractivity contribution is 1.15. The van der Waals surface area contributed by atoms with Gasteiger partial charge in [-0.2, -0.15) is 0 Å². The first-order valence-electron chi connectivity index (χ1n) is 16.8. The summed E-state index contributed by atoms with van der Waals surface area (Å²) < 4.78 is 79.8. The Morgan fingerprint density at radius 3 is 1.84 bits per heavy atom. The molecule has 0 unspecified atom stereocenters. The van der Waals surface area contributed by atoms with Crippen molar-refractivity contribution in [2.24, 2.45) is 0 Å². The molecule has 0 radical (unpaired) electrons. The highest BCUT2D eigenvalue weighted by atomic mass is 15.0. The highest BCUT2D eigenvalue weighted by Crippen LogP contribution is 2.37. The third-order valence-electron chi connectivity index (χ3n) is 7.11. The Bertz CT molecular complexity index is 2610. The molecule has 178 valence electrons. The molecule has 0 aliphatic rings. The number of hydrogen-bond donors (Lipinski definition) is 0. The quantitative estimate of drug-likeness (QED) is 0.232. The van der Waals surface area contributed by atoms with Crippen LogP contribution in [0.2, 0.25) is 0 Å². The minimum atomic E-state index is -0.440. The molecule has 0 amide bonds. The summed E-state index contributed by atoms with van der Waals surface area (Å²) in [6.45, 7) is 0. The van der Waals surface area contributed by atoms with Crippen LogP contribution in [-0.4, -0.2) is 9.13 Å². The summed E-state index contributed by atoms with van der Waals surface area (Å²) in [5.74, 6) is 0. The monoisotopic (exact) mass is 493 g/mol. The smallest absolute Gasteiger partial charge is 0.0645 e. The molecule has 38 heavy (non-hydrogen) atoms. The van der Waals surface area contributed by atoms with Crippen LogP contribution >= 0.6 is 0 Å². The van der Waals surface area contributed by atoms with E-state index in [0.29, 0.717) is 22.2 Å². The summed E-state index contributed by atoms with van der Waals surface area (Å²) in [6, 6.07) is 26.2. The van der Waals surface area contributed by atoms with E-state index < -0.39 is 18.1 Å². The van der Waals surface area contributed by atoms with E-state index in [9.17, 15) is 0 Å². The van der Waals surface area contributed by atoms with Crippen molar-refractivity contribution in [3.63, 3.8) is 0 Å². The van der Waals surface area contributed by atoms with Crippen molar-refractivity contribution in [1.29, 1.82) is 0 Å². The maximum absolute atomic E-state index is 8.87. The number of para-hydroxylation sites is 3. The fourth-order valence-corrected chi connectivity index (χ4v) is 5.51. The zero-order chi connectivity index (χ0) is 32.9. The largest absolute Gasteiger partial charge is 0.309 e. The zero-order valence-electron chi connectivity index (χ0n) is 29.1. The highest BCUT2D eigenvalue weighted by molar-refractivity contribution is 6.12. The van der Waals surface area contributed by atoms with Gasteiger partial charge in [0.1, 0.15) is 0 Å². The zero-order valence-corrected chi connectivity index (χ0v) is 20.1. The molecule has 0 saturated heterocycles. The summed E-state index contributed by atoms with van der Waals surface area (Å²) >= 11 is 0. The number of rotatable bonds is 3. The van der Waals surface area contributed by atoms with Gasteiger partial charge < -0.3 is 9.13 Å². The first-order chi connectivity index (χ1) is 22.6. The first-order valence-corrected chi connectivity index (χ1v) is 12.3. The van der Waals surface area contributed by atoms with Crippen LogP contribution in [0.4, 0.5) is 0 Å². The second-order valence-corrected chi connectivity index (χ2v) is 9.18. The fraction of sp³-hybridized carbons (Fsp3) is 0. The van der Waals surface area contributed by atoms with E-state index in [2.05, 4.69) is 4.57 Å². The molecule has 0 spiro atoms. The van der Waals surface area contributed by atoms with E-state index in [1.54, 1.807) is 12.1 Å². The van der Waals surface area contributed by atoms with Crippen LogP contribution in [0.3, 0.4) is 0 Å². The first kappa shape index (κ1) is 14.0. The number of benzene rings is 6. The topological polar surface area (TPSA) is 9.86 Å². The van der Waals surface area contributed by atoms with E-state index in [1.165, 1.54) is 0 Å². The van der Waals surface area contributed by atoms with Crippen molar-refractivity contribution in [2.45, 2.75) is 0 Å². The van der Waals surface area contributed by atoms with Gasteiger partial charge in [-0.05, 0) is 53.6 Å². The van der Waals surface area contributed by atoms with Gasteiger partial charge in [-0.3, -0.25) is 0 Å². The normalized spacial score (nSPS) is 15.0. The molecule has 0 bridgehead atoms. The van der Waals surface area contributed by atoms with Gasteiger partial charge in [-0.15, -0.1) is 0 Å². The predicted octanol–water partition coefficient (Wildman–Crippen LogP) is 9.55. The molecule has 0 N–H and O–H groups in total. The molecule has 2 aromatic heterocycles. The predicted molar refractivity (Wildman–Crippen MR) is 161 cm³/mol. The molecule has 2 heteroatoms.